The van der Waals surface area contributed by atoms with E-state index in [0.717, 1.165) is 5.56 Å². The minimum atomic E-state index is -0.762. The second-order valence-corrected chi connectivity index (χ2v) is 5.81. The van der Waals surface area contributed by atoms with E-state index >= 15 is 0 Å². The number of ether oxygens (including phenoxy) is 4. The minimum Gasteiger partial charge on any atom is -0.390 e. The quantitative estimate of drug-likeness (QED) is 0.910. The summed E-state index contributed by atoms with van der Waals surface area (Å²) in [7, 11) is 1.54. The predicted molar refractivity (Wildman–Crippen MR) is 80.0 cm³/mol. The fourth-order valence-electron chi connectivity index (χ4n) is 3.20. The summed E-state index contributed by atoms with van der Waals surface area (Å²) >= 11 is 0. The highest BCUT2D eigenvalue weighted by Gasteiger charge is 2.49. The number of rotatable bonds is 4. The monoisotopic (exact) mass is 319 g/mol. The molecular formula is C17H21NO5. The van der Waals surface area contributed by atoms with Crippen molar-refractivity contribution >= 4 is 0 Å². The van der Waals surface area contributed by atoms with Crippen molar-refractivity contribution in [1.82, 2.24) is 0 Å². The molecule has 2 heterocycles. The molecule has 1 aromatic rings. The summed E-state index contributed by atoms with van der Waals surface area (Å²) < 4.78 is 22.9. The Labute approximate surface area is 135 Å². The summed E-state index contributed by atoms with van der Waals surface area (Å²) in [5, 5.41) is 19.5. The van der Waals surface area contributed by atoms with Crippen LogP contribution < -0.4 is 0 Å². The molecule has 2 saturated heterocycles. The van der Waals surface area contributed by atoms with Gasteiger partial charge in [-0.15, -0.1) is 0 Å². The molecule has 6 heteroatoms. The van der Waals surface area contributed by atoms with E-state index in [9.17, 15) is 5.11 Å². The highest BCUT2D eigenvalue weighted by Crippen LogP contribution is 2.37. The molecule has 1 aromatic carbocycles. The number of nitrogens with zero attached hydrogens (tertiary/aromatic N) is 1. The van der Waals surface area contributed by atoms with Gasteiger partial charge in [-0.25, -0.2) is 0 Å². The van der Waals surface area contributed by atoms with Crippen LogP contribution in [0, 0.1) is 17.2 Å². The molecule has 0 radical (unpaired) electrons. The van der Waals surface area contributed by atoms with Gasteiger partial charge in [0, 0.05) is 25.0 Å². The Morgan fingerprint density at radius 3 is 2.78 bits per heavy atom. The highest BCUT2D eigenvalue weighted by molar-refractivity contribution is 5.16. The molecule has 1 N–H and O–H groups in total. The number of nitriles is 1. The van der Waals surface area contributed by atoms with Crippen molar-refractivity contribution < 1.29 is 24.1 Å². The Morgan fingerprint density at radius 2 is 2.09 bits per heavy atom. The van der Waals surface area contributed by atoms with Crippen LogP contribution in [0.3, 0.4) is 0 Å². The Kier molecular flexibility index (Phi) is 5.26. The Bertz CT molecular complexity index is 546. The number of benzene rings is 1. The number of aliphatic hydroxyl groups is 1. The first-order valence-electron chi connectivity index (χ1n) is 7.80. The first-order valence-corrected chi connectivity index (χ1v) is 7.80. The predicted octanol–water partition coefficient (Wildman–Crippen LogP) is 1.75. The summed E-state index contributed by atoms with van der Waals surface area (Å²) in [6.45, 7) is 0.326. The Morgan fingerprint density at radius 1 is 1.30 bits per heavy atom. The van der Waals surface area contributed by atoms with E-state index in [-0.39, 0.29) is 12.0 Å². The maximum atomic E-state index is 10.7. The normalized spacial score (nSPS) is 36.9. The molecule has 0 unspecified atom stereocenters. The van der Waals surface area contributed by atoms with Crippen LogP contribution in [0.4, 0.5) is 0 Å². The molecule has 0 amide bonds. The van der Waals surface area contributed by atoms with Crippen LogP contribution in [-0.2, 0) is 18.9 Å². The van der Waals surface area contributed by atoms with Crippen LogP contribution in [0.1, 0.15) is 24.7 Å². The van der Waals surface area contributed by atoms with Gasteiger partial charge in [0.15, 0.2) is 12.6 Å². The highest BCUT2D eigenvalue weighted by atomic mass is 16.7. The molecule has 0 spiro atoms. The molecule has 6 nitrogen and oxygen atoms in total. The molecule has 23 heavy (non-hydrogen) atoms. The molecular weight excluding hydrogens is 298 g/mol. The molecule has 6 atom stereocenters. The van der Waals surface area contributed by atoms with Crippen molar-refractivity contribution in [2.75, 3.05) is 13.7 Å². The molecule has 2 aliphatic rings. The summed E-state index contributed by atoms with van der Waals surface area (Å²) in [6.07, 6.45) is -1.88. The first-order chi connectivity index (χ1) is 11.2. The molecule has 2 fully saturated rings. The van der Waals surface area contributed by atoms with Crippen LogP contribution in [0.2, 0.25) is 0 Å². The van der Waals surface area contributed by atoms with Gasteiger partial charge in [-0.05, 0) is 6.42 Å². The zero-order valence-electron chi connectivity index (χ0n) is 13.0. The summed E-state index contributed by atoms with van der Waals surface area (Å²) in [4.78, 5) is 0. The topological polar surface area (TPSA) is 80.9 Å². The Hall–Kier alpha value is -1.49. The van der Waals surface area contributed by atoms with E-state index in [0.29, 0.717) is 19.4 Å². The molecule has 0 bridgehead atoms. The average Bonchev–Trinajstić information content (AvgIpc) is 2.61. The van der Waals surface area contributed by atoms with E-state index < -0.39 is 24.8 Å². The van der Waals surface area contributed by atoms with Gasteiger partial charge in [-0.3, -0.25) is 0 Å². The van der Waals surface area contributed by atoms with Gasteiger partial charge in [0.2, 0.25) is 0 Å². The second-order valence-electron chi connectivity index (χ2n) is 5.81. The number of aliphatic hydroxyl groups excluding tert-OH is 1. The van der Waals surface area contributed by atoms with Gasteiger partial charge in [0.25, 0.3) is 0 Å². The standard InChI is InChI=1S/C17H21NO5/c1-20-17-12(8-5-9-18)14(19)15-13(22-17)10-21-16(23-15)11-6-3-2-4-7-11/h2-4,6-7,12-17,19H,5,8,10H2,1H3/t12-,13+,14-,15+,16+,17-/m0/s1. The average molecular weight is 319 g/mol. The largest absolute Gasteiger partial charge is 0.390 e. The van der Waals surface area contributed by atoms with Gasteiger partial charge >= 0.3 is 0 Å². The zero-order valence-corrected chi connectivity index (χ0v) is 13.0. The maximum Gasteiger partial charge on any atom is 0.184 e. The first kappa shape index (κ1) is 16.4. The van der Waals surface area contributed by atoms with Crippen LogP contribution in [0.5, 0.6) is 0 Å². The summed E-state index contributed by atoms with van der Waals surface area (Å²) in [5.41, 5.74) is 0.903. The van der Waals surface area contributed by atoms with Gasteiger partial charge in [-0.1, -0.05) is 30.3 Å². The number of hydrogen-bond donors (Lipinski definition) is 1. The minimum absolute atomic E-state index is 0.296. The van der Waals surface area contributed by atoms with E-state index in [2.05, 4.69) is 6.07 Å². The fourth-order valence-corrected chi connectivity index (χ4v) is 3.20. The zero-order chi connectivity index (χ0) is 16.2. The third-order valence-corrected chi connectivity index (χ3v) is 4.39. The fraction of sp³-hybridized carbons (Fsp3) is 0.588. The molecule has 0 aliphatic carbocycles. The van der Waals surface area contributed by atoms with E-state index in [1.54, 1.807) is 0 Å². The van der Waals surface area contributed by atoms with Crippen molar-refractivity contribution in [2.24, 2.45) is 5.92 Å². The molecule has 124 valence electrons. The van der Waals surface area contributed by atoms with Crippen LogP contribution in [0.25, 0.3) is 0 Å². The third kappa shape index (κ3) is 3.39. The van der Waals surface area contributed by atoms with E-state index in [4.69, 9.17) is 24.2 Å². The lowest BCUT2D eigenvalue weighted by Crippen LogP contribution is -2.59. The van der Waals surface area contributed by atoms with Crippen LogP contribution in [-0.4, -0.2) is 43.4 Å². The molecule has 0 saturated carbocycles. The van der Waals surface area contributed by atoms with Gasteiger partial charge < -0.3 is 24.1 Å². The molecule has 0 aromatic heterocycles. The van der Waals surface area contributed by atoms with Crippen molar-refractivity contribution in [3.05, 3.63) is 35.9 Å². The number of hydrogen-bond acceptors (Lipinski definition) is 6. The smallest absolute Gasteiger partial charge is 0.184 e. The lowest BCUT2D eigenvalue weighted by molar-refractivity contribution is -0.351. The summed E-state index contributed by atoms with van der Waals surface area (Å²) in [5.74, 6) is -0.296. The number of methoxy groups -OCH3 is 1. The third-order valence-electron chi connectivity index (χ3n) is 4.39. The maximum absolute atomic E-state index is 10.7. The van der Waals surface area contributed by atoms with Crippen molar-refractivity contribution in [3.8, 4) is 6.07 Å². The second kappa shape index (κ2) is 7.39. The molecule has 2 aliphatic heterocycles. The van der Waals surface area contributed by atoms with Gasteiger partial charge in [-0.2, -0.15) is 5.26 Å². The van der Waals surface area contributed by atoms with Crippen LogP contribution in [0.15, 0.2) is 30.3 Å². The van der Waals surface area contributed by atoms with Crippen molar-refractivity contribution in [2.45, 2.75) is 43.7 Å². The Balaban J connectivity index is 1.74. The van der Waals surface area contributed by atoms with Crippen molar-refractivity contribution in [3.63, 3.8) is 0 Å². The lowest BCUT2D eigenvalue weighted by atomic mass is 9.87. The number of fused-ring (bicyclic) bond motifs is 1. The molecule has 3 rings (SSSR count). The lowest BCUT2D eigenvalue weighted by Gasteiger charge is -2.47. The van der Waals surface area contributed by atoms with Gasteiger partial charge in [0.05, 0.1) is 18.8 Å². The summed E-state index contributed by atoms with van der Waals surface area (Å²) in [6, 6.07) is 11.7. The van der Waals surface area contributed by atoms with Crippen molar-refractivity contribution in [1.29, 1.82) is 5.26 Å². The van der Waals surface area contributed by atoms with Gasteiger partial charge in [0.1, 0.15) is 12.2 Å². The van der Waals surface area contributed by atoms with E-state index in [1.165, 1.54) is 7.11 Å². The van der Waals surface area contributed by atoms with E-state index in [1.807, 2.05) is 30.3 Å². The SMILES string of the molecule is CO[C@H]1O[C@@H]2CO[C@@H](c3ccccc3)O[C@H]2[C@@H](O)[C@@H]1CCC#N. The van der Waals surface area contributed by atoms with Crippen LogP contribution >= 0.6 is 0 Å².